The normalized spacial score (nSPS) is 16.6. The van der Waals surface area contributed by atoms with Crippen molar-refractivity contribution in [2.75, 3.05) is 16.8 Å². The second-order valence-electron chi connectivity index (χ2n) is 7.61. The van der Waals surface area contributed by atoms with Crippen molar-refractivity contribution < 1.29 is 24.0 Å². The molecule has 0 aromatic heterocycles. The van der Waals surface area contributed by atoms with Gasteiger partial charge in [-0.3, -0.25) is 24.5 Å². The maximum absolute atomic E-state index is 12.6. The van der Waals surface area contributed by atoms with E-state index in [1.165, 1.54) is 19.1 Å². The molecule has 1 N–H and O–H groups in total. The lowest BCUT2D eigenvalue weighted by molar-refractivity contribution is -0.384. The number of halogens is 1. The van der Waals surface area contributed by atoms with Crippen LogP contribution < -0.4 is 10.2 Å². The molecule has 2 aromatic rings. The summed E-state index contributed by atoms with van der Waals surface area (Å²) in [5.41, 5.74) is 2.69. The summed E-state index contributed by atoms with van der Waals surface area (Å²) >= 11 is 5.98. The molecule has 0 aliphatic carbocycles. The van der Waals surface area contributed by atoms with Crippen molar-refractivity contribution in [1.29, 1.82) is 0 Å². The van der Waals surface area contributed by atoms with Gasteiger partial charge in [-0.2, -0.15) is 0 Å². The number of nitro groups is 1. The molecule has 1 heterocycles. The number of rotatable bonds is 6. The number of hydrogen-bond acceptors (Lipinski definition) is 6. The Hall–Kier alpha value is -3.46. The highest BCUT2D eigenvalue weighted by atomic mass is 35.5. The van der Waals surface area contributed by atoms with E-state index in [1.807, 2.05) is 32.0 Å². The molecule has 1 saturated heterocycles. The average molecular weight is 460 g/mol. The van der Waals surface area contributed by atoms with Crippen LogP contribution in [-0.4, -0.2) is 35.4 Å². The van der Waals surface area contributed by atoms with Gasteiger partial charge in [-0.1, -0.05) is 23.7 Å². The minimum absolute atomic E-state index is 0.00522. The molecule has 1 fully saturated rings. The van der Waals surface area contributed by atoms with Crippen LogP contribution in [0.15, 0.2) is 36.4 Å². The van der Waals surface area contributed by atoms with Gasteiger partial charge in [0.05, 0.1) is 21.6 Å². The highest BCUT2D eigenvalue weighted by molar-refractivity contribution is 6.34. The molecule has 0 bridgehead atoms. The number of aryl methyl sites for hydroxylation is 1. The Morgan fingerprint density at radius 1 is 1.28 bits per heavy atom. The number of nitro benzene ring substituents is 1. The number of nitrogens with one attached hydrogen (secondary N) is 1. The molecule has 168 valence electrons. The molecule has 0 unspecified atom stereocenters. The van der Waals surface area contributed by atoms with Gasteiger partial charge in [0, 0.05) is 30.8 Å². The number of ether oxygens (including phenoxy) is 1. The standard InChI is InChI=1S/C22H22ClN3O6/c1-12-5-4-6-19(13(12)2)25-11-15(9-20(25)27)22(29)32-14(3)21(28)24-18-8-7-16(26(30)31)10-17(18)23/h4-8,10,14-15H,9,11H2,1-3H3,(H,24,28)/t14-,15+/m0/s1. The van der Waals surface area contributed by atoms with E-state index in [1.54, 1.807) is 4.90 Å². The number of hydrogen-bond donors (Lipinski definition) is 1. The first kappa shape index (κ1) is 23.2. The van der Waals surface area contributed by atoms with E-state index in [4.69, 9.17) is 16.3 Å². The van der Waals surface area contributed by atoms with Crippen LogP contribution in [0.5, 0.6) is 0 Å². The van der Waals surface area contributed by atoms with E-state index in [0.717, 1.165) is 22.9 Å². The largest absolute Gasteiger partial charge is 0.452 e. The fourth-order valence-electron chi connectivity index (χ4n) is 3.40. The lowest BCUT2D eigenvalue weighted by Gasteiger charge is -2.20. The van der Waals surface area contributed by atoms with Crippen molar-refractivity contribution in [3.63, 3.8) is 0 Å². The summed E-state index contributed by atoms with van der Waals surface area (Å²) in [5.74, 6) is -2.18. The van der Waals surface area contributed by atoms with Crippen LogP contribution >= 0.6 is 11.6 Å². The predicted molar refractivity (Wildman–Crippen MR) is 119 cm³/mol. The minimum Gasteiger partial charge on any atom is -0.452 e. The number of anilines is 2. The Balaban J connectivity index is 1.62. The Labute approximate surface area is 189 Å². The molecule has 0 saturated carbocycles. The predicted octanol–water partition coefficient (Wildman–Crippen LogP) is 3.79. The number of benzene rings is 2. The Bertz CT molecular complexity index is 1100. The second-order valence-corrected chi connectivity index (χ2v) is 8.02. The second kappa shape index (κ2) is 9.35. The third-order valence-corrected chi connectivity index (χ3v) is 5.72. The number of carbonyl (C=O) groups excluding carboxylic acids is 3. The van der Waals surface area contributed by atoms with Crippen LogP contribution in [0.2, 0.25) is 5.02 Å². The minimum atomic E-state index is -1.15. The van der Waals surface area contributed by atoms with E-state index in [0.29, 0.717) is 0 Å². The molecule has 1 aliphatic rings. The van der Waals surface area contributed by atoms with Crippen LogP contribution in [-0.2, 0) is 19.1 Å². The first-order chi connectivity index (χ1) is 15.1. The van der Waals surface area contributed by atoms with Crippen molar-refractivity contribution in [1.82, 2.24) is 0 Å². The van der Waals surface area contributed by atoms with Crippen molar-refractivity contribution >= 4 is 46.4 Å². The number of amides is 2. The first-order valence-corrected chi connectivity index (χ1v) is 10.3. The molecule has 2 aromatic carbocycles. The zero-order valence-corrected chi connectivity index (χ0v) is 18.5. The molecule has 1 aliphatic heterocycles. The molecule has 0 radical (unpaired) electrons. The molecule has 2 atom stereocenters. The van der Waals surface area contributed by atoms with Crippen molar-refractivity contribution in [3.8, 4) is 0 Å². The zero-order valence-electron chi connectivity index (χ0n) is 17.8. The van der Waals surface area contributed by atoms with Gasteiger partial charge in [0.2, 0.25) is 5.91 Å². The molecular formula is C22H22ClN3O6. The SMILES string of the molecule is Cc1cccc(N2C[C@H](C(=O)O[C@@H](C)C(=O)Nc3ccc([N+](=O)[O-])cc3Cl)CC2=O)c1C. The molecular weight excluding hydrogens is 438 g/mol. The molecule has 9 nitrogen and oxygen atoms in total. The van der Waals surface area contributed by atoms with Gasteiger partial charge >= 0.3 is 5.97 Å². The highest BCUT2D eigenvalue weighted by Gasteiger charge is 2.38. The highest BCUT2D eigenvalue weighted by Crippen LogP contribution is 2.30. The van der Waals surface area contributed by atoms with Gasteiger partial charge in [-0.15, -0.1) is 0 Å². The maximum Gasteiger partial charge on any atom is 0.312 e. The van der Waals surface area contributed by atoms with E-state index >= 15 is 0 Å². The van der Waals surface area contributed by atoms with Crippen LogP contribution in [0.1, 0.15) is 24.5 Å². The van der Waals surface area contributed by atoms with E-state index in [9.17, 15) is 24.5 Å². The third-order valence-electron chi connectivity index (χ3n) is 5.41. The van der Waals surface area contributed by atoms with Crippen LogP contribution in [0.3, 0.4) is 0 Å². The topological polar surface area (TPSA) is 119 Å². The summed E-state index contributed by atoms with van der Waals surface area (Å²) in [6, 6.07) is 9.24. The van der Waals surface area contributed by atoms with E-state index < -0.39 is 28.8 Å². The number of carbonyl (C=O) groups is 3. The van der Waals surface area contributed by atoms with Gasteiger partial charge in [0.25, 0.3) is 11.6 Å². The zero-order chi connectivity index (χ0) is 23.6. The Morgan fingerprint density at radius 2 is 2.00 bits per heavy atom. The fourth-order valence-corrected chi connectivity index (χ4v) is 3.63. The molecule has 2 amide bonds. The van der Waals surface area contributed by atoms with Crippen molar-refractivity contribution in [2.24, 2.45) is 5.92 Å². The van der Waals surface area contributed by atoms with Gasteiger partial charge in [0.1, 0.15) is 0 Å². The quantitative estimate of drug-likeness (QED) is 0.398. The number of nitrogens with zero attached hydrogens (tertiary/aromatic N) is 2. The summed E-state index contributed by atoms with van der Waals surface area (Å²) in [6.07, 6.45) is -1.16. The summed E-state index contributed by atoms with van der Waals surface area (Å²) in [7, 11) is 0. The van der Waals surface area contributed by atoms with Crippen LogP contribution in [0.25, 0.3) is 0 Å². The number of esters is 1. The summed E-state index contributed by atoms with van der Waals surface area (Å²) < 4.78 is 5.28. The van der Waals surface area contributed by atoms with Gasteiger partial charge in [-0.25, -0.2) is 0 Å². The maximum atomic E-state index is 12.6. The van der Waals surface area contributed by atoms with Gasteiger partial charge in [-0.05, 0) is 44.0 Å². The van der Waals surface area contributed by atoms with Crippen molar-refractivity contribution in [2.45, 2.75) is 33.3 Å². The van der Waals surface area contributed by atoms with Crippen molar-refractivity contribution in [3.05, 3.63) is 62.7 Å². The van der Waals surface area contributed by atoms with Crippen LogP contribution in [0, 0.1) is 29.9 Å². The first-order valence-electron chi connectivity index (χ1n) is 9.90. The lowest BCUT2D eigenvalue weighted by atomic mass is 10.1. The molecule has 3 rings (SSSR count). The smallest absolute Gasteiger partial charge is 0.312 e. The summed E-state index contributed by atoms with van der Waals surface area (Å²) in [5, 5.41) is 13.3. The van der Waals surface area contributed by atoms with Gasteiger partial charge in [0.15, 0.2) is 6.10 Å². The van der Waals surface area contributed by atoms with Crippen LogP contribution in [0.4, 0.5) is 17.1 Å². The summed E-state index contributed by atoms with van der Waals surface area (Å²) in [6.45, 7) is 5.43. The monoisotopic (exact) mass is 459 g/mol. The Kier molecular flexibility index (Phi) is 6.78. The van der Waals surface area contributed by atoms with E-state index in [-0.39, 0.29) is 35.3 Å². The average Bonchev–Trinajstić information content (AvgIpc) is 3.12. The van der Waals surface area contributed by atoms with Gasteiger partial charge < -0.3 is 15.0 Å². The van der Waals surface area contributed by atoms with E-state index in [2.05, 4.69) is 5.32 Å². The third kappa shape index (κ3) is 4.88. The lowest BCUT2D eigenvalue weighted by Crippen LogP contribution is -2.33. The molecule has 10 heteroatoms. The number of non-ortho nitro benzene ring substituents is 1. The molecule has 0 spiro atoms. The summed E-state index contributed by atoms with van der Waals surface area (Å²) in [4.78, 5) is 49.3. The molecule has 32 heavy (non-hydrogen) atoms. The fraction of sp³-hybridized carbons (Fsp3) is 0.318. The Morgan fingerprint density at radius 3 is 2.66 bits per heavy atom.